The second kappa shape index (κ2) is 8.74. The van der Waals surface area contributed by atoms with Gasteiger partial charge < -0.3 is 20.3 Å². The highest BCUT2D eigenvalue weighted by Gasteiger charge is 2.22. The summed E-state index contributed by atoms with van der Waals surface area (Å²) in [5, 5.41) is 5.86. The number of nitrogens with zero attached hydrogens (tertiary/aromatic N) is 1. The van der Waals surface area contributed by atoms with Crippen LogP contribution < -0.4 is 15.4 Å². The molecule has 0 bridgehead atoms. The van der Waals surface area contributed by atoms with Crippen molar-refractivity contribution in [2.75, 3.05) is 20.7 Å². The molecule has 25 heavy (non-hydrogen) atoms. The molecule has 0 radical (unpaired) electrons. The van der Waals surface area contributed by atoms with Gasteiger partial charge in [-0.1, -0.05) is 26.0 Å². The molecule has 0 aliphatic heterocycles. The van der Waals surface area contributed by atoms with Gasteiger partial charge in [0, 0.05) is 12.6 Å². The maximum Gasteiger partial charge on any atom is 0.318 e. The van der Waals surface area contributed by atoms with Gasteiger partial charge in [0.2, 0.25) is 5.91 Å². The molecule has 0 saturated heterocycles. The molecular formula is C19H31N3O3. The molecule has 6 nitrogen and oxygen atoms in total. The van der Waals surface area contributed by atoms with Gasteiger partial charge in [-0.25, -0.2) is 4.79 Å². The standard InChI is InChI=1S/C19H31N3O3/c1-13(2)17(14-8-10-15(25-7)11-9-14)20-18(24)22(6)12-16(23)21-19(3,4)5/h8-11,13,17H,12H2,1-7H3,(H,20,24)(H,21,23). The SMILES string of the molecule is COc1ccc(C(NC(=O)N(C)CC(=O)NC(C)(C)C)C(C)C)cc1. The summed E-state index contributed by atoms with van der Waals surface area (Å²) in [7, 11) is 3.23. The number of carbonyl (C=O) groups is 2. The van der Waals surface area contributed by atoms with Crippen molar-refractivity contribution in [1.82, 2.24) is 15.5 Å². The first kappa shape index (κ1) is 20.8. The summed E-state index contributed by atoms with van der Waals surface area (Å²) in [6.45, 7) is 9.82. The van der Waals surface area contributed by atoms with Gasteiger partial charge in [-0.05, 0) is 44.4 Å². The van der Waals surface area contributed by atoms with Gasteiger partial charge >= 0.3 is 6.03 Å². The zero-order chi connectivity index (χ0) is 19.2. The molecule has 1 aromatic rings. The second-order valence-electron chi connectivity index (χ2n) is 7.60. The number of likely N-dealkylation sites (N-methyl/N-ethyl adjacent to an activating group) is 1. The smallest absolute Gasteiger partial charge is 0.318 e. The Morgan fingerprint density at radius 3 is 2.16 bits per heavy atom. The summed E-state index contributed by atoms with van der Waals surface area (Å²) in [5.74, 6) is 0.790. The number of ether oxygens (including phenoxy) is 1. The summed E-state index contributed by atoms with van der Waals surface area (Å²) in [6, 6.07) is 7.20. The van der Waals surface area contributed by atoms with Crippen LogP contribution in [0.3, 0.4) is 0 Å². The van der Waals surface area contributed by atoms with E-state index in [0.717, 1.165) is 11.3 Å². The van der Waals surface area contributed by atoms with Gasteiger partial charge in [0.15, 0.2) is 0 Å². The topological polar surface area (TPSA) is 70.7 Å². The van der Waals surface area contributed by atoms with Crippen molar-refractivity contribution < 1.29 is 14.3 Å². The van der Waals surface area contributed by atoms with Crippen LogP contribution in [0.5, 0.6) is 5.75 Å². The number of rotatable bonds is 6. The normalized spacial score (nSPS) is 12.5. The first-order valence-electron chi connectivity index (χ1n) is 8.50. The summed E-state index contributed by atoms with van der Waals surface area (Å²) in [5.41, 5.74) is 0.675. The number of urea groups is 1. The fourth-order valence-corrected chi connectivity index (χ4v) is 2.43. The lowest BCUT2D eigenvalue weighted by Gasteiger charge is -2.27. The Labute approximate surface area is 150 Å². The molecule has 1 aromatic carbocycles. The molecule has 1 rings (SSSR count). The van der Waals surface area contributed by atoms with Crippen LogP contribution in [-0.4, -0.2) is 43.1 Å². The lowest BCUT2D eigenvalue weighted by molar-refractivity contribution is -0.122. The highest BCUT2D eigenvalue weighted by molar-refractivity contribution is 5.84. The van der Waals surface area contributed by atoms with Crippen molar-refractivity contribution >= 4 is 11.9 Å². The minimum atomic E-state index is -0.321. The molecular weight excluding hydrogens is 318 g/mol. The third-order valence-electron chi connectivity index (χ3n) is 3.66. The van der Waals surface area contributed by atoms with Crippen molar-refractivity contribution in [2.24, 2.45) is 5.92 Å². The minimum Gasteiger partial charge on any atom is -0.497 e. The van der Waals surface area contributed by atoms with E-state index in [4.69, 9.17) is 4.74 Å². The van der Waals surface area contributed by atoms with Crippen molar-refractivity contribution in [3.63, 3.8) is 0 Å². The Balaban J connectivity index is 2.73. The van der Waals surface area contributed by atoms with Crippen LogP contribution in [0.4, 0.5) is 4.79 Å². The lowest BCUT2D eigenvalue weighted by Crippen LogP contribution is -2.49. The molecule has 0 aliphatic rings. The Morgan fingerprint density at radius 1 is 1.16 bits per heavy atom. The third-order valence-corrected chi connectivity index (χ3v) is 3.66. The van der Waals surface area contributed by atoms with E-state index in [1.54, 1.807) is 14.2 Å². The summed E-state index contributed by atoms with van der Waals surface area (Å²) >= 11 is 0. The predicted molar refractivity (Wildman–Crippen MR) is 99.6 cm³/mol. The molecule has 6 heteroatoms. The molecule has 0 spiro atoms. The molecule has 0 fully saturated rings. The monoisotopic (exact) mass is 349 g/mol. The quantitative estimate of drug-likeness (QED) is 0.829. The van der Waals surface area contributed by atoms with E-state index in [1.807, 2.05) is 58.9 Å². The first-order chi connectivity index (χ1) is 11.5. The number of hydrogen-bond donors (Lipinski definition) is 2. The van der Waals surface area contributed by atoms with Gasteiger partial charge in [-0.2, -0.15) is 0 Å². The Kier molecular flexibility index (Phi) is 7.27. The lowest BCUT2D eigenvalue weighted by atomic mass is 9.96. The Hall–Kier alpha value is -2.24. The van der Waals surface area contributed by atoms with Crippen molar-refractivity contribution in [2.45, 2.75) is 46.2 Å². The van der Waals surface area contributed by atoms with E-state index < -0.39 is 0 Å². The number of carbonyl (C=O) groups excluding carboxylic acids is 2. The van der Waals surface area contributed by atoms with E-state index in [2.05, 4.69) is 10.6 Å². The van der Waals surface area contributed by atoms with Crippen LogP contribution in [0.1, 0.15) is 46.2 Å². The molecule has 0 aromatic heterocycles. The molecule has 2 N–H and O–H groups in total. The van der Waals surface area contributed by atoms with Gasteiger partial charge in [-0.15, -0.1) is 0 Å². The van der Waals surface area contributed by atoms with E-state index in [-0.39, 0.29) is 36.0 Å². The zero-order valence-electron chi connectivity index (χ0n) is 16.3. The van der Waals surface area contributed by atoms with Crippen LogP contribution >= 0.6 is 0 Å². The first-order valence-corrected chi connectivity index (χ1v) is 8.50. The molecule has 140 valence electrons. The minimum absolute atomic E-state index is 0.0104. The number of hydrogen-bond acceptors (Lipinski definition) is 3. The maximum absolute atomic E-state index is 12.5. The largest absolute Gasteiger partial charge is 0.497 e. The molecule has 0 saturated carbocycles. The average molecular weight is 349 g/mol. The van der Waals surface area contributed by atoms with Gasteiger partial charge in [0.25, 0.3) is 0 Å². The molecule has 1 unspecified atom stereocenters. The van der Waals surface area contributed by atoms with Gasteiger partial charge in [0.05, 0.1) is 13.2 Å². The van der Waals surface area contributed by atoms with E-state index in [9.17, 15) is 9.59 Å². The maximum atomic E-state index is 12.5. The van der Waals surface area contributed by atoms with Crippen LogP contribution in [0.25, 0.3) is 0 Å². The highest BCUT2D eigenvalue weighted by atomic mass is 16.5. The average Bonchev–Trinajstić information content (AvgIpc) is 2.50. The van der Waals surface area contributed by atoms with Crippen molar-refractivity contribution in [1.29, 1.82) is 0 Å². The predicted octanol–water partition coefficient (Wildman–Crippen LogP) is 2.95. The van der Waals surface area contributed by atoms with Crippen LogP contribution in [0.15, 0.2) is 24.3 Å². The van der Waals surface area contributed by atoms with Crippen LogP contribution in [0.2, 0.25) is 0 Å². The number of nitrogens with one attached hydrogen (secondary N) is 2. The number of amides is 3. The number of benzene rings is 1. The Bertz CT molecular complexity index is 577. The molecule has 0 heterocycles. The summed E-state index contributed by atoms with van der Waals surface area (Å²) in [4.78, 5) is 25.8. The number of methoxy groups -OCH3 is 1. The van der Waals surface area contributed by atoms with E-state index in [1.165, 1.54) is 4.90 Å². The molecule has 1 atom stereocenters. The van der Waals surface area contributed by atoms with E-state index >= 15 is 0 Å². The van der Waals surface area contributed by atoms with Crippen LogP contribution in [0, 0.1) is 5.92 Å². The Morgan fingerprint density at radius 2 is 1.72 bits per heavy atom. The third kappa shape index (κ3) is 7.03. The second-order valence-corrected chi connectivity index (χ2v) is 7.60. The van der Waals surface area contributed by atoms with E-state index in [0.29, 0.717) is 0 Å². The van der Waals surface area contributed by atoms with Crippen LogP contribution in [-0.2, 0) is 4.79 Å². The molecule has 0 aliphatic carbocycles. The fourth-order valence-electron chi connectivity index (χ4n) is 2.43. The fraction of sp³-hybridized carbons (Fsp3) is 0.579. The highest BCUT2D eigenvalue weighted by Crippen LogP contribution is 2.24. The summed E-state index contributed by atoms with van der Waals surface area (Å²) < 4.78 is 5.17. The van der Waals surface area contributed by atoms with Crippen molar-refractivity contribution in [3.8, 4) is 5.75 Å². The van der Waals surface area contributed by atoms with Gasteiger partial charge in [-0.3, -0.25) is 4.79 Å². The van der Waals surface area contributed by atoms with Crippen molar-refractivity contribution in [3.05, 3.63) is 29.8 Å². The zero-order valence-corrected chi connectivity index (χ0v) is 16.3. The molecule has 3 amide bonds. The van der Waals surface area contributed by atoms with Gasteiger partial charge in [0.1, 0.15) is 12.3 Å². The summed E-state index contributed by atoms with van der Waals surface area (Å²) in [6.07, 6.45) is 0.